The van der Waals surface area contributed by atoms with Gasteiger partial charge in [-0.05, 0) is 88.5 Å². The fraction of sp³-hybridized carbons (Fsp3) is 0.0833. The summed E-state index contributed by atoms with van der Waals surface area (Å²) < 4.78 is 3.17. The SMILES string of the molecule is Cc1ccc(-n2c(SCC(=O)N/N=C/c3cc(I)cc(I)c3O)nc3ccccc3c2=O)cc1. The number of benzene rings is 3. The maximum Gasteiger partial charge on any atom is 0.266 e. The Bertz CT molecular complexity index is 1470. The number of thioether (sulfide) groups is 1. The van der Waals surface area contributed by atoms with Crippen LogP contribution in [0.4, 0.5) is 0 Å². The number of phenolic OH excluding ortho intramolecular Hbond substituents is 1. The first-order valence-corrected chi connectivity index (χ1v) is 13.2. The van der Waals surface area contributed by atoms with Gasteiger partial charge < -0.3 is 5.11 Å². The summed E-state index contributed by atoms with van der Waals surface area (Å²) in [6.07, 6.45) is 1.40. The van der Waals surface area contributed by atoms with Crippen LogP contribution in [-0.2, 0) is 4.79 Å². The molecule has 0 saturated heterocycles. The number of hydrogen-bond acceptors (Lipinski definition) is 6. The minimum atomic E-state index is -0.362. The van der Waals surface area contributed by atoms with Crippen LogP contribution in [0.2, 0.25) is 0 Å². The monoisotopic (exact) mass is 696 g/mol. The fourth-order valence-corrected chi connectivity index (χ4v) is 5.85. The summed E-state index contributed by atoms with van der Waals surface area (Å²) in [6.45, 7) is 1.97. The van der Waals surface area contributed by atoms with E-state index in [1.807, 2.05) is 65.9 Å². The predicted molar refractivity (Wildman–Crippen MR) is 152 cm³/mol. The molecule has 0 bridgehead atoms. The van der Waals surface area contributed by atoms with Crippen molar-refractivity contribution in [1.29, 1.82) is 0 Å². The smallest absolute Gasteiger partial charge is 0.266 e. The first-order valence-electron chi connectivity index (χ1n) is 10.0. The van der Waals surface area contributed by atoms with Crippen LogP contribution in [0.15, 0.2) is 75.7 Å². The number of carbonyl (C=O) groups is 1. The van der Waals surface area contributed by atoms with Gasteiger partial charge in [0.15, 0.2) is 5.16 Å². The molecule has 0 radical (unpaired) electrons. The van der Waals surface area contributed by atoms with E-state index in [2.05, 4.69) is 38.1 Å². The molecule has 3 aromatic carbocycles. The Balaban J connectivity index is 1.56. The summed E-state index contributed by atoms with van der Waals surface area (Å²) in [5, 5.41) is 15.0. The molecule has 0 aliphatic carbocycles. The number of amides is 1. The van der Waals surface area contributed by atoms with E-state index in [1.54, 1.807) is 24.3 Å². The number of aromatic hydroxyl groups is 1. The summed E-state index contributed by atoms with van der Waals surface area (Å²) in [5.74, 6) is -0.251. The molecule has 0 fully saturated rings. The minimum absolute atomic E-state index is 0.00379. The van der Waals surface area contributed by atoms with E-state index < -0.39 is 0 Å². The van der Waals surface area contributed by atoms with Gasteiger partial charge in [-0.25, -0.2) is 10.4 Å². The average molecular weight is 696 g/mol. The molecule has 1 heterocycles. The summed E-state index contributed by atoms with van der Waals surface area (Å²) in [5.41, 5.74) is 5.10. The van der Waals surface area contributed by atoms with Gasteiger partial charge in [0.2, 0.25) is 0 Å². The van der Waals surface area contributed by atoms with E-state index >= 15 is 0 Å². The highest BCUT2D eigenvalue weighted by atomic mass is 127. The third kappa shape index (κ3) is 5.61. The van der Waals surface area contributed by atoms with Crippen molar-refractivity contribution < 1.29 is 9.90 Å². The second-order valence-corrected chi connectivity index (χ2v) is 10.6. The van der Waals surface area contributed by atoms with Crippen molar-refractivity contribution in [3.05, 3.63) is 89.3 Å². The predicted octanol–water partition coefficient (Wildman–Crippen LogP) is 4.85. The van der Waals surface area contributed by atoms with Crippen LogP contribution in [0.3, 0.4) is 0 Å². The molecule has 34 heavy (non-hydrogen) atoms. The fourth-order valence-electron chi connectivity index (χ4n) is 3.15. The third-order valence-electron chi connectivity index (χ3n) is 4.82. The maximum atomic E-state index is 13.3. The van der Waals surface area contributed by atoms with Gasteiger partial charge in [-0.2, -0.15) is 5.10 Å². The Kier molecular flexibility index (Phi) is 7.88. The number of carbonyl (C=O) groups excluding carboxylic acids is 1. The first-order chi connectivity index (χ1) is 16.3. The van der Waals surface area contributed by atoms with Crippen molar-refractivity contribution in [3.8, 4) is 11.4 Å². The largest absolute Gasteiger partial charge is 0.506 e. The number of nitrogens with zero attached hydrogens (tertiary/aromatic N) is 3. The summed E-state index contributed by atoms with van der Waals surface area (Å²) in [6, 6.07) is 18.3. The molecule has 0 spiro atoms. The van der Waals surface area contributed by atoms with Gasteiger partial charge in [0.1, 0.15) is 5.75 Å². The molecule has 1 amide bonds. The molecule has 4 rings (SSSR count). The Labute approximate surface area is 227 Å². The lowest BCUT2D eigenvalue weighted by Crippen LogP contribution is -2.24. The molecule has 0 aliphatic rings. The zero-order chi connectivity index (χ0) is 24.2. The second-order valence-electron chi connectivity index (χ2n) is 7.29. The second kappa shape index (κ2) is 10.9. The van der Waals surface area contributed by atoms with Crippen LogP contribution in [0, 0.1) is 14.1 Å². The highest BCUT2D eigenvalue weighted by molar-refractivity contribution is 14.1. The lowest BCUT2D eigenvalue weighted by molar-refractivity contribution is -0.118. The van der Waals surface area contributed by atoms with E-state index in [0.29, 0.717) is 30.9 Å². The Hall–Kier alpha value is -2.45. The molecule has 0 saturated carbocycles. The van der Waals surface area contributed by atoms with Gasteiger partial charge >= 0.3 is 0 Å². The van der Waals surface area contributed by atoms with Crippen LogP contribution >= 0.6 is 56.9 Å². The topological polar surface area (TPSA) is 96.6 Å². The quantitative estimate of drug-likeness (QED) is 0.0989. The van der Waals surface area contributed by atoms with Crippen LogP contribution < -0.4 is 11.0 Å². The number of nitrogens with one attached hydrogen (secondary N) is 1. The number of aryl methyl sites for hydroxylation is 1. The van der Waals surface area contributed by atoms with Crippen LogP contribution in [0.5, 0.6) is 5.75 Å². The summed E-state index contributed by atoms with van der Waals surface area (Å²) >= 11 is 5.34. The molecule has 10 heteroatoms. The highest BCUT2D eigenvalue weighted by Crippen LogP contribution is 2.26. The van der Waals surface area contributed by atoms with E-state index in [-0.39, 0.29) is 23.0 Å². The normalized spacial score (nSPS) is 11.3. The Morgan fingerprint density at radius 2 is 1.91 bits per heavy atom. The average Bonchev–Trinajstić information content (AvgIpc) is 2.82. The molecule has 1 aromatic heterocycles. The Morgan fingerprint density at radius 3 is 2.68 bits per heavy atom. The van der Waals surface area contributed by atoms with Crippen molar-refractivity contribution in [2.75, 3.05) is 5.75 Å². The number of aromatic nitrogens is 2. The van der Waals surface area contributed by atoms with E-state index in [9.17, 15) is 14.7 Å². The lowest BCUT2D eigenvalue weighted by Gasteiger charge is -2.13. The van der Waals surface area contributed by atoms with Gasteiger partial charge in [-0.3, -0.25) is 14.2 Å². The standard InChI is InChI=1S/C24H18I2N4O3S/c1-14-6-8-17(9-7-14)30-23(33)18-4-2-3-5-20(18)28-24(30)34-13-21(31)29-27-12-15-10-16(25)11-19(26)22(15)32/h2-12,32H,13H2,1H3,(H,29,31)/b27-12+. The number of hydrazone groups is 1. The van der Waals surface area contributed by atoms with Crippen LogP contribution in [0.1, 0.15) is 11.1 Å². The van der Waals surface area contributed by atoms with Crippen molar-refractivity contribution in [1.82, 2.24) is 15.0 Å². The zero-order valence-corrected chi connectivity index (χ0v) is 23.0. The van der Waals surface area contributed by atoms with Crippen molar-refractivity contribution in [3.63, 3.8) is 0 Å². The molecule has 172 valence electrons. The third-order valence-corrected chi connectivity index (χ3v) is 7.20. The first kappa shape index (κ1) is 24.7. The van der Waals surface area contributed by atoms with Gasteiger partial charge in [0, 0.05) is 9.13 Å². The van der Waals surface area contributed by atoms with Crippen LogP contribution in [-0.4, -0.2) is 32.5 Å². The van der Waals surface area contributed by atoms with Gasteiger partial charge in [-0.15, -0.1) is 0 Å². The van der Waals surface area contributed by atoms with Gasteiger partial charge in [0.05, 0.1) is 32.1 Å². The molecular formula is C24H18I2N4O3S. The molecule has 0 unspecified atom stereocenters. The molecular weight excluding hydrogens is 678 g/mol. The number of phenols is 1. The molecule has 4 aromatic rings. The van der Waals surface area contributed by atoms with Crippen molar-refractivity contribution in [2.45, 2.75) is 12.1 Å². The molecule has 0 atom stereocenters. The number of para-hydroxylation sites is 1. The van der Waals surface area contributed by atoms with E-state index in [4.69, 9.17) is 0 Å². The Morgan fingerprint density at radius 1 is 1.18 bits per heavy atom. The number of hydrogen-bond donors (Lipinski definition) is 2. The molecule has 7 nitrogen and oxygen atoms in total. The van der Waals surface area contributed by atoms with Crippen molar-refractivity contribution in [2.24, 2.45) is 5.10 Å². The zero-order valence-electron chi connectivity index (χ0n) is 17.8. The molecule has 2 N–H and O–H groups in total. The summed E-state index contributed by atoms with van der Waals surface area (Å²) in [7, 11) is 0. The number of fused-ring (bicyclic) bond motifs is 1. The highest BCUT2D eigenvalue weighted by Gasteiger charge is 2.15. The number of halogens is 2. The van der Waals surface area contributed by atoms with E-state index in [1.165, 1.54) is 10.8 Å². The van der Waals surface area contributed by atoms with Crippen LogP contribution in [0.25, 0.3) is 16.6 Å². The van der Waals surface area contributed by atoms with Gasteiger partial charge in [0.25, 0.3) is 11.5 Å². The number of rotatable bonds is 6. The van der Waals surface area contributed by atoms with E-state index in [0.717, 1.165) is 20.9 Å². The van der Waals surface area contributed by atoms with Gasteiger partial charge in [-0.1, -0.05) is 41.6 Å². The molecule has 0 aliphatic heterocycles. The summed E-state index contributed by atoms with van der Waals surface area (Å²) in [4.78, 5) is 30.3. The maximum absolute atomic E-state index is 13.3. The minimum Gasteiger partial charge on any atom is -0.506 e. The lowest BCUT2D eigenvalue weighted by atomic mass is 10.2. The van der Waals surface area contributed by atoms with Crippen molar-refractivity contribution >= 4 is 80.0 Å².